The van der Waals surface area contributed by atoms with E-state index in [0.717, 1.165) is 82.3 Å². The smallest absolute Gasteiger partial charge is 0.245 e. The standard InChI is InChI=1S/C20H30N2O2/c23-18(21-5-1-2-6-21)17-4-3-7-22(17)19(24)20-11-14-8-15(12-20)10-16(9-14)13-20/h14-17H,1-13H2. The van der Waals surface area contributed by atoms with Crippen LogP contribution in [0.2, 0.25) is 0 Å². The molecule has 6 fully saturated rings. The summed E-state index contributed by atoms with van der Waals surface area (Å²) < 4.78 is 0. The van der Waals surface area contributed by atoms with Crippen LogP contribution in [0, 0.1) is 23.2 Å². The predicted octanol–water partition coefficient (Wildman–Crippen LogP) is 2.82. The number of carbonyl (C=O) groups excluding carboxylic acids is 2. The third-order valence-corrected chi connectivity index (χ3v) is 7.71. The van der Waals surface area contributed by atoms with Gasteiger partial charge in [0.15, 0.2) is 0 Å². The van der Waals surface area contributed by atoms with Crippen LogP contribution in [-0.4, -0.2) is 47.3 Å². The van der Waals surface area contributed by atoms with Gasteiger partial charge >= 0.3 is 0 Å². The minimum Gasteiger partial charge on any atom is -0.341 e. The van der Waals surface area contributed by atoms with Gasteiger partial charge in [0.1, 0.15) is 6.04 Å². The Labute approximate surface area is 144 Å². The lowest BCUT2D eigenvalue weighted by Gasteiger charge is -2.56. The highest BCUT2D eigenvalue weighted by Crippen LogP contribution is 2.60. The topological polar surface area (TPSA) is 40.6 Å². The number of hydrogen-bond acceptors (Lipinski definition) is 2. The molecule has 2 aliphatic heterocycles. The highest BCUT2D eigenvalue weighted by Gasteiger charge is 2.57. The van der Waals surface area contributed by atoms with Crippen molar-refractivity contribution in [3.05, 3.63) is 0 Å². The zero-order valence-corrected chi connectivity index (χ0v) is 14.7. The number of carbonyl (C=O) groups is 2. The van der Waals surface area contributed by atoms with Crippen molar-refractivity contribution in [2.24, 2.45) is 23.2 Å². The third kappa shape index (κ3) is 2.24. The summed E-state index contributed by atoms with van der Waals surface area (Å²) in [7, 11) is 0. The van der Waals surface area contributed by atoms with Crippen molar-refractivity contribution in [3.63, 3.8) is 0 Å². The lowest BCUT2D eigenvalue weighted by Crippen LogP contribution is -2.57. The van der Waals surface area contributed by atoms with Crippen molar-refractivity contribution >= 4 is 11.8 Å². The van der Waals surface area contributed by atoms with E-state index in [1.54, 1.807) is 0 Å². The van der Waals surface area contributed by atoms with Gasteiger partial charge in [-0.2, -0.15) is 0 Å². The Hall–Kier alpha value is -1.06. The van der Waals surface area contributed by atoms with E-state index in [-0.39, 0.29) is 17.4 Å². The first-order valence-electron chi connectivity index (χ1n) is 10.2. The van der Waals surface area contributed by atoms with Crippen LogP contribution in [0.4, 0.5) is 0 Å². The average molecular weight is 330 g/mol. The van der Waals surface area contributed by atoms with Crippen LogP contribution in [0.1, 0.15) is 64.2 Å². The molecule has 0 N–H and O–H groups in total. The average Bonchev–Trinajstić information content (AvgIpc) is 3.24. The van der Waals surface area contributed by atoms with E-state index in [2.05, 4.69) is 0 Å². The summed E-state index contributed by atoms with van der Waals surface area (Å²) in [5.74, 6) is 2.96. The quantitative estimate of drug-likeness (QED) is 0.781. The minimum atomic E-state index is -0.149. The summed E-state index contributed by atoms with van der Waals surface area (Å²) >= 11 is 0. The maximum Gasteiger partial charge on any atom is 0.245 e. The van der Waals surface area contributed by atoms with E-state index in [0.29, 0.717) is 5.91 Å². The van der Waals surface area contributed by atoms with E-state index in [1.807, 2.05) is 9.80 Å². The van der Waals surface area contributed by atoms with Gasteiger partial charge in [-0.1, -0.05) is 0 Å². The molecular formula is C20H30N2O2. The summed E-state index contributed by atoms with van der Waals surface area (Å²) in [4.78, 5) is 30.5. The third-order valence-electron chi connectivity index (χ3n) is 7.71. The Morgan fingerprint density at radius 2 is 1.38 bits per heavy atom. The van der Waals surface area contributed by atoms with E-state index in [4.69, 9.17) is 0 Å². The molecule has 1 atom stereocenters. The molecule has 2 saturated heterocycles. The zero-order chi connectivity index (χ0) is 16.3. The molecule has 4 aliphatic carbocycles. The van der Waals surface area contributed by atoms with Gasteiger partial charge in [0.05, 0.1) is 5.41 Å². The fourth-order valence-electron chi connectivity index (χ4n) is 7.09. The van der Waals surface area contributed by atoms with Crippen LogP contribution >= 0.6 is 0 Å². The van der Waals surface area contributed by atoms with Gasteiger partial charge in [0, 0.05) is 19.6 Å². The van der Waals surface area contributed by atoms with E-state index >= 15 is 0 Å². The molecule has 1 unspecified atom stereocenters. The van der Waals surface area contributed by atoms with Gasteiger partial charge < -0.3 is 9.80 Å². The number of amides is 2. The molecule has 2 amide bonds. The van der Waals surface area contributed by atoms with Crippen molar-refractivity contribution in [3.8, 4) is 0 Å². The Morgan fingerprint density at radius 3 is 1.96 bits per heavy atom. The molecule has 0 aromatic heterocycles. The molecule has 0 aromatic rings. The highest BCUT2D eigenvalue weighted by atomic mass is 16.2. The zero-order valence-electron chi connectivity index (χ0n) is 14.7. The van der Waals surface area contributed by atoms with Gasteiger partial charge in [-0.05, 0) is 82.0 Å². The summed E-state index contributed by atoms with van der Waals surface area (Å²) in [5, 5.41) is 0. The maximum atomic E-state index is 13.6. The maximum absolute atomic E-state index is 13.6. The SMILES string of the molecule is O=C(C1CCCN1C(=O)C12CC3CC(CC(C3)C1)C2)N1CCCC1. The summed E-state index contributed by atoms with van der Waals surface area (Å²) in [6, 6.07) is -0.149. The van der Waals surface area contributed by atoms with E-state index in [1.165, 1.54) is 19.3 Å². The Morgan fingerprint density at radius 1 is 0.792 bits per heavy atom. The fourth-order valence-corrected chi connectivity index (χ4v) is 7.09. The van der Waals surface area contributed by atoms with Crippen LogP contribution in [0.5, 0.6) is 0 Å². The molecule has 4 saturated carbocycles. The molecule has 0 aromatic carbocycles. The second kappa shape index (κ2) is 5.47. The molecule has 0 spiro atoms. The van der Waals surface area contributed by atoms with Gasteiger partial charge in [0.2, 0.25) is 11.8 Å². The van der Waals surface area contributed by atoms with Crippen LogP contribution < -0.4 is 0 Å². The second-order valence-corrected chi connectivity index (χ2v) is 9.39. The molecule has 2 heterocycles. The molecule has 6 rings (SSSR count). The molecule has 4 nitrogen and oxygen atoms in total. The molecule has 4 bridgehead atoms. The highest BCUT2D eigenvalue weighted by molar-refractivity contribution is 5.91. The second-order valence-electron chi connectivity index (χ2n) is 9.39. The number of hydrogen-bond donors (Lipinski definition) is 0. The van der Waals surface area contributed by atoms with Gasteiger partial charge in [0.25, 0.3) is 0 Å². The number of nitrogens with zero attached hydrogens (tertiary/aromatic N) is 2. The van der Waals surface area contributed by atoms with Crippen LogP contribution in [0.25, 0.3) is 0 Å². The van der Waals surface area contributed by atoms with Crippen molar-refractivity contribution in [1.29, 1.82) is 0 Å². The first-order valence-corrected chi connectivity index (χ1v) is 10.2. The summed E-state index contributed by atoms with van der Waals surface area (Å²) in [5.41, 5.74) is -0.0946. The molecular weight excluding hydrogens is 300 g/mol. The van der Waals surface area contributed by atoms with Crippen LogP contribution in [0.3, 0.4) is 0 Å². The largest absolute Gasteiger partial charge is 0.341 e. The van der Waals surface area contributed by atoms with E-state index in [9.17, 15) is 9.59 Å². The molecule has 24 heavy (non-hydrogen) atoms. The van der Waals surface area contributed by atoms with E-state index < -0.39 is 0 Å². The molecule has 6 aliphatic rings. The first kappa shape index (κ1) is 15.2. The van der Waals surface area contributed by atoms with Crippen molar-refractivity contribution < 1.29 is 9.59 Å². The first-order chi connectivity index (χ1) is 11.6. The Kier molecular flexibility index (Phi) is 3.47. The van der Waals surface area contributed by atoms with Crippen LogP contribution in [0.15, 0.2) is 0 Å². The fraction of sp³-hybridized carbons (Fsp3) is 0.900. The van der Waals surface area contributed by atoms with Gasteiger partial charge in [-0.15, -0.1) is 0 Å². The van der Waals surface area contributed by atoms with Crippen molar-refractivity contribution in [2.75, 3.05) is 19.6 Å². The molecule has 132 valence electrons. The van der Waals surface area contributed by atoms with Gasteiger partial charge in [-0.25, -0.2) is 0 Å². The van der Waals surface area contributed by atoms with Gasteiger partial charge in [-0.3, -0.25) is 9.59 Å². The van der Waals surface area contributed by atoms with Crippen molar-refractivity contribution in [1.82, 2.24) is 9.80 Å². The Bertz CT molecular complexity index is 517. The normalized spacial score (nSPS) is 43.7. The predicted molar refractivity (Wildman–Crippen MR) is 91.2 cm³/mol. The Balaban J connectivity index is 1.37. The number of likely N-dealkylation sites (tertiary alicyclic amines) is 2. The summed E-state index contributed by atoms with van der Waals surface area (Å²) in [6.07, 6.45) is 11.6. The lowest BCUT2D eigenvalue weighted by atomic mass is 9.49. The van der Waals surface area contributed by atoms with Crippen LogP contribution in [-0.2, 0) is 9.59 Å². The molecule has 4 heteroatoms. The summed E-state index contributed by atoms with van der Waals surface area (Å²) in [6.45, 7) is 2.61. The minimum absolute atomic E-state index is 0.0946. The monoisotopic (exact) mass is 330 g/mol. The number of rotatable bonds is 2. The molecule has 0 radical (unpaired) electrons. The lowest BCUT2D eigenvalue weighted by molar-refractivity contribution is -0.161. The van der Waals surface area contributed by atoms with Crippen molar-refractivity contribution in [2.45, 2.75) is 70.3 Å².